The largest absolute Gasteiger partial charge is 0.482 e. The molecule has 6 heteroatoms. The summed E-state index contributed by atoms with van der Waals surface area (Å²) in [7, 11) is 0. The van der Waals surface area contributed by atoms with E-state index in [-0.39, 0.29) is 18.4 Å². The average molecular weight is 335 g/mol. The summed E-state index contributed by atoms with van der Waals surface area (Å²) in [6.07, 6.45) is 0.769. The quantitative estimate of drug-likeness (QED) is 0.930. The standard InChI is InChI=1S/C19H17N3O3/c1-13(23)22-9-8-14-10-16(6-7-17(14)22)21-19(24)12-25-18-5-3-2-4-15(18)11-20/h2-7,10H,8-9,12H2,1H3,(H,21,24). The molecule has 0 fully saturated rings. The van der Waals surface area contributed by atoms with Gasteiger partial charge in [-0.2, -0.15) is 5.26 Å². The SMILES string of the molecule is CC(=O)N1CCc2cc(NC(=O)COc3ccccc3C#N)ccc21. The number of amides is 2. The van der Waals surface area contributed by atoms with Gasteiger partial charge in [-0.25, -0.2) is 0 Å². The number of anilines is 2. The predicted octanol–water partition coefficient (Wildman–Crippen LogP) is 2.48. The number of benzene rings is 2. The Balaban J connectivity index is 1.62. The molecule has 0 atom stereocenters. The lowest BCUT2D eigenvalue weighted by Crippen LogP contribution is -2.25. The maximum Gasteiger partial charge on any atom is 0.262 e. The fraction of sp³-hybridized carbons (Fsp3) is 0.211. The molecule has 25 heavy (non-hydrogen) atoms. The van der Waals surface area contributed by atoms with Crippen LogP contribution in [-0.4, -0.2) is 25.0 Å². The monoisotopic (exact) mass is 335 g/mol. The third-order valence-corrected chi connectivity index (χ3v) is 4.01. The van der Waals surface area contributed by atoms with E-state index in [1.807, 2.05) is 18.2 Å². The number of carbonyl (C=O) groups excluding carboxylic acids is 2. The zero-order chi connectivity index (χ0) is 17.8. The molecule has 3 rings (SSSR count). The van der Waals surface area contributed by atoms with Crippen LogP contribution in [0.5, 0.6) is 5.75 Å². The van der Waals surface area contributed by atoms with Crippen LogP contribution in [0.2, 0.25) is 0 Å². The van der Waals surface area contributed by atoms with Gasteiger partial charge in [0.15, 0.2) is 6.61 Å². The van der Waals surface area contributed by atoms with Crippen molar-refractivity contribution in [2.24, 2.45) is 0 Å². The summed E-state index contributed by atoms with van der Waals surface area (Å²) in [6, 6.07) is 14.3. The third-order valence-electron chi connectivity index (χ3n) is 4.01. The highest BCUT2D eigenvalue weighted by Gasteiger charge is 2.22. The Kier molecular flexibility index (Phi) is 4.66. The number of hydrogen-bond acceptors (Lipinski definition) is 4. The summed E-state index contributed by atoms with van der Waals surface area (Å²) in [6.45, 7) is 2.02. The molecule has 0 bridgehead atoms. The molecule has 2 aromatic rings. The molecule has 0 aliphatic carbocycles. The second-order valence-electron chi connectivity index (χ2n) is 5.71. The predicted molar refractivity (Wildman–Crippen MR) is 93.5 cm³/mol. The molecule has 0 saturated heterocycles. The van der Waals surface area contributed by atoms with Crippen molar-refractivity contribution in [2.45, 2.75) is 13.3 Å². The van der Waals surface area contributed by atoms with E-state index >= 15 is 0 Å². The Morgan fingerprint density at radius 2 is 2.08 bits per heavy atom. The summed E-state index contributed by atoms with van der Waals surface area (Å²) < 4.78 is 5.42. The molecule has 0 aromatic heterocycles. The van der Waals surface area contributed by atoms with E-state index in [0.717, 1.165) is 17.7 Å². The van der Waals surface area contributed by atoms with Gasteiger partial charge >= 0.3 is 0 Å². The van der Waals surface area contributed by atoms with Gasteiger partial charge in [-0.1, -0.05) is 12.1 Å². The van der Waals surface area contributed by atoms with Gasteiger partial charge in [-0.05, 0) is 42.3 Å². The molecule has 0 radical (unpaired) electrons. The zero-order valence-corrected chi connectivity index (χ0v) is 13.8. The Bertz CT molecular complexity index is 870. The average Bonchev–Trinajstić information content (AvgIpc) is 3.03. The summed E-state index contributed by atoms with van der Waals surface area (Å²) in [5, 5.41) is 11.8. The summed E-state index contributed by atoms with van der Waals surface area (Å²) >= 11 is 0. The van der Waals surface area contributed by atoms with Gasteiger partial charge in [-0.15, -0.1) is 0 Å². The van der Waals surface area contributed by atoms with Gasteiger partial charge in [0.25, 0.3) is 5.91 Å². The minimum atomic E-state index is -0.311. The van der Waals surface area contributed by atoms with Crippen molar-refractivity contribution in [3.63, 3.8) is 0 Å². The van der Waals surface area contributed by atoms with Crippen molar-refractivity contribution in [3.05, 3.63) is 53.6 Å². The van der Waals surface area contributed by atoms with Crippen LogP contribution >= 0.6 is 0 Å². The lowest BCUT2D eigenvalue weighted by molar-refractivity contribution is -0.118. The number of nitrogens with zero attached hydrogens (tertiary/aromatic N) is 2. The first-order chi connectivity index (χ1) is 12.1. The van der Waals surface area contributed by atoms with Gasteiger partial charge < -0.3 is 15.0 Å². The zero-order valence-electron chi connectivity index (χ0n) is 13.8. The molecular weight excluding hydrogens is 318 g/mol. The molecule has 1 heterocycles. The molecule has 1 N–H and O–H groups in total. The lowest BCUT2D eigenvalue weighted by atomic mass is 10.1. The van der Waals surface area contributed by atoms with Crippen LogP contribution in [0.1, 0.15) is 18.1 Å². The van der Waals surface area contributed by atoms with Crippen LogP contribution in [0, 0.1) is 11.3 Å². The van der Waals surface area contributed by atoms with E-state index in [1.165, 1.54) is 0 Å². The highest BCUT2D eigenvalue weighted by atomic mass is 16.5. The van der Waals surface area contributed by atoms with Crippen LogP contribution in [0.4, 0.5) is 11.4 Å². The molecule has 0 saturated carbocycles. The number of nitrogens with one attached hydrogen (secondary N) is 1. The van der Waals surface area contributed by atoms with Crippen LogP contribution < -0.4 is 15.0 Å². The molecule has 1 aliphatic rings. The lowest BCUT2D eigenvalue weighted by Gasteiger charge is -2.15. The number of ether oxygens (including phenoxy) is 1. The summed E-state index contributed by atoms with van der Waals surface area (Å²) in [5.41, 5.74) is 2.97. The summed E-state index contributed by atoms with van der Waals surface area (Å²) in [4.78, 5) is 25.4. The highest BCUT2D eigenvalue weighted by Crippen LogP contribution is 2.30. The van der Waals surface area contributed by atoms with Crippen LogP contribution in [0.3, 0.4) is 0 Å². The van der Waals surface area contributed by atoms with E-state index in [4.69, 9.17) is 10.00 Å². The van der Waals surface area contributed by atoms with Crippen molar-refractivity contribution < 1.29 is 14.3 Å². The number of para-hydroxylation sites is 1. The minimum Gasteiger partial charge on any atom is -0.482 e. The number of rotatable bonds is 4. The second kappa shape index (κ2) is 7.05. The Morgan fingerprint density at radius 3 is 2.84 bits per heavy atom. The number of hydrogen-bond donors (Lipinski definition) is 1. The number of carbonyl (C=O) groups is 2. The van der Waals surface area contributed by atoms with Crippen LogP contribution in [0.25, 0.3) is 0 Å². The van der Waals surface area contributed by atoms with E-state index in [2.05, 4.69) is 5.32 Å². The smallest absolute Gasteiger partial charge is 0.262 e. The van der Waals surface area contributed by atoms with Gasteiger partial charge in [0, 0.05) is 24.8 Å². The number of fused-ring (bicyclic) bond motifs is 1. The fourth-order valence-electron chi connectivity index (χ4n) is 2.83. The van der Waals surface area contributed by atoms with Gasteiger partial charge in [0.1, 0.15) is 11.8 Å². The molecule has 1 aliphatic heterocycles. The first-order valence-corrected chi connectivity index (χ1v) is 7.91. The Labute approximate surface area is 145 Å². The van der Waals surface area contributed by atoms with Crippen LogP contribution in [0.15, 0.2) is 42.5 Å². The minimum absolute atomic E-state index is 0.0140. The molecule has 2 amide bonds. The maximum atomic E-state index is 12.1. The molecule has 6 nitrogen and oxygen atoms in total. The summed E-state index contributed by atoms with van der Waals surface area (Å²) in [5.74, 6) is 0.0837. The Hall–Kier alpha value is -3.33. The Morgan fingerprint density at radius 1 is 1.28 bits per heavy atom. The first-order valence-electron chi connectivity index (χ1n) is 7.91. The maximum absolute atomic E-state index is 12.1. The molecule has 126 valence electrons. The molecular formula is C19H17N3O3. The molecule has 0 unspecified atom stereocenters. The van der Waals surface area contributed by atoms with E-state index < -0.39 is 0 Å². The topological polar surface area (TPSA) is 82.4 Å². The fourth-order valence-corrected chi connectivity index (χ4v) is 2.83. The van der Waals surface area contributed by atoms with E-state index in [1.54, 1.807) is 42.2 Å². The molecule has 2 aromatic carbocycles. The van der Waals surface area contributed by atoms with Crippen molar-refractivity contribution in [1.82, 2.24) is 0 Å². The number of nitriles is 1. The van der Waals surface area contributed by atoms with Crippen molar-refractivity contribution in [2.75, 3.05) is 23.4 Å². The molecule has 0 spiro atoms. The van der Waals surface area contributed by atoms with Crippen molar-refractivity contribution in [3.8, 4) is 11.8 Å². The van der Waals surface area contributed by atoms with Crippen molar-refractivity contribution >= 4 is 23.2 Å². The van der Waals surface area contributed by atoms with E-state index in [9.17, 15) is 9.59 Å². The van der Waals surface area contributed by atoms with Gasteiger partial charge in [0.05, 0.1) is 5.56 Å². The van der Waals surface area contributed by atoms with Gasteiger partial charge in [-0.3, -0.25) is 9.59 Å². The second-order valence-corrected chi connectivity index (χ2v) is 5.71. The van der Waals surface area contributed by atoms with E-state index in [0.29, 0.717) is 23.5 Å². The van der Waals surface area contributed by atoms with Gasteiger partial charge in [0.2, 0.25) is 5.91 Å². The third kappa shape index (κ3) is 3.61. The van der Waals surface area contributed by atoms with Crippen LogP contribution in [-0.2, 0) is 16.0 Å². The first kappa shape index (κ1) is 16.5. The normalized spacial score (nSPS) is 12.2. The van der Waals surface area contributed by atoms with Crippen molar-refractivity contribution in [1.29, 1.82) is 5.26 Å². The highest BCUT2D eigenvalue weighted by molar-refractivity contribution is 5.96.